The summed E-state index contributed by atoms with van der Waals surface area (Å²) in [4.78, 5) is 10.6. The van der Waals surface area contributed by atoms with Gasteiger partial charge in [-0.25, -0.2) is 12.8 Å². The molecule has 1 aromatic rings. The lowest BCUT2D eigenvalue weighted by atomic mass is 10.1. The lowest BCUT2D eigenvalue weighted by Gasteiger charge is -2.33. The van der Waals surface area contributed by atoms with Crippen LogP contribution >= 0.6 is 11.6 Å². The van der Waals surface area contributed by atoms with Gasteiger partial charge < -0.3 is 5.11 Å². The molecule has 0 bridgehead atoms. The predicted octanol–water partition coefficient (Wildman–Crippen LogP) is 2.35. The second-order valence-corrected chi connectivity index (χ2v) is 7.42. The van der Waals surface area contributed by atoms with Gasteiger partial charge in [0.25, 0.3) is 0 Å². The van der Waals surface area contributed by atoms with Gasteiger partial charge in [-0.1, -0.05) is 11.6 Å². The van der Waals surface area contributed by atoms with Gasteiger partial charge in [-0.3, -0.25) is 4.79 Å². The molecule has 0 radical (unpaired) electrons. The molecule has 0 saturated carbocycles. The number of hydrogen-bond donors (Lipinski definition) is 1. The van der Waals surface area contributed by atoms with Crippen molar-refractivity contribution in [2.45, 2.75) is 31.2 Å². The Morgan fingerprint density at radius 2 is 1.95 bits per heavy atom. The first-order chi connectivity index (χ1) is 8.96. The Kier molecular flexibility index (Phi) is 4.78. The summed E-state index contributed by atoms with van der Waals surface area (Å²) in [5, 5.41) is 8.53. The van der Waals surface area contributed by atoms with Crippen molar-refractivity contribution in [3.8, 4) is 0 Å². The van der Waals surface area contributed by atoms with Gasteiger partial charge in [-0.2, -0.15) is 4.31 Å². The first kappa shape index (κ1) is 16.9. The Bertz CT molecular complexity index is 625. The average Bonchev–Trinajstić information content (AvgIpc) is 2.27. The molecule has 0 atom stereocenters. The van der Waals surface area contributed by atoms with Crippen LogP contribution < -0.4 is 0 Å². The number of carbonyl (C=O) groups is 1. The number of rotatable bonds is 4. The summed E-state index contributed by atoms with van der Waals surface area (Å²) in [7, 11) is -4.09. The summed E-state index contributed by atoms with van der Waals surface area (Å²) in [5.41, 5.74) is -0.946. The van der Waals surface area contributed by atoms with Crippen molar-refractivity contribution in [2.75, 3.05) is 6.54 Å². The Morgan fingerprint density at radius 1 is 1.40 bits per heavy atom. The molecule has 1 aromatic carbocycles. The van der Waals surface area contributed by atoms with E-state index in [1.807, 2.05) is 0 Å². The minimum atomic E-state index is -4.09. The molecule has 20 heavy (non-hydrogen) atoms. The molecule has 112 valence electrons. The average molecular weight is 324 g/mol. The highest BCUT2D eigenvalue weighted by Gasteiger charge is 2.35. The van der Waals surface area contributed by atoms with Crippen molar-refractivity contribution in [3.05, 3.63) is 29.0 Å². The van der Waals surface area contributed by atoms with Crippen LogP contribution in [0.1, 0.15) is 20.8 Å². The van der Waals surface area contributed by atoms with Crippen LogP contribution in [0.25, 0.3) is 0 Å². The maximum atomic E-state index is 13.1. The summed E-state index contributed by atoms with van der Waals surface area (Å²) in [6, 6.07) is 2.95. The zero-order valence-corrected chi connectivity index (χ0v) is 12.8. The third-order valence-electron chi connectivity index (χ3n) is 2.51. The monoisotopic (exact) mass is 323 g/mol. The minimum absolute atomic E-state index is 0.250. The molecular weight excluding hydrogens is 309 g/mol. The van der Waals surface area contributed by atoms with Crippen molar-refractivity contribution in [1.82, 2.24) is 4.31 Å². The minimum Gasteiger partial charge on any atom is -0.480 e. The van der Waals surface area contributed by atoms with Gasteiger partial charge in [0.05, 0.1) is 9.92 Å². The van der Waals surface area contributed by atoms with E-state index in [-0.39, 0.29) is 9.92 Å². The van der Waals surface area contributed by atoms with E-state index in [4.69, 9.17) is 16.7 Å². The highest BCUT2D eigenvalue weighted by molar-refractivity contribution is 7.89. The largest absolute Gasteiger partial charge is 0.480 e. The van der Waals surface area contributed by atoms with Gasteiger partial charge in [0.2, 0.25) is 10.0 Å². The van der Waals surface area contributed by atoms with Crippen LogP contribution in [0.4, 0.5) is 4.39 Å². The maximum absolute atomic E-state index is 13.1. The summed E-state index contributed by atoms with van der Waals surface area (Å²) in [5.74, 6) is -2.03. The highest BCUT2D eigenvalue weighted by atomic mass is 35.5. The van der Waals surface area contributed by atoms with E-state index in [0.717, 1.165) is 22.5 Å². The van der Waals surface area contributed by atoms with E-state index >= 15 is 0 Å². The topological polar surface area (TPSA) is 74.7 Å². The SMILES string of the molecule is CC(C)(C)N(CC(=O)O)S(=O)(=O)c1ccc(F)c(Cl)c1. The zero-order chi connectivity index (χ0) is 15.7. The number of hydrogen-bond acceptors (Lipinski definition) is 3. The quantitative estimate of drug-likeness (QED) is 0.923. The number of carboxylic acid groups (broad SMARTS) is 1. The molecular formula is C12H15ClFNO4S. The summed E-state index contributed by atoms with van der Waals surface area (Å²) in [6.45, 7) is 4.01. The molecule has 0 aromatic heterocycles. The number of benzene rings is 1. The summed E-state index contributed by atoms with van der Waals surface area (Å²) in [6.07, 6.45) is 0. The van der Waals surface area contributed by atoms with Crippen LogP contribution in [0.15, 0.2) is 23.1 Å². The second-order valence-electron chi connectivity index (χ2n) is 5.15. The fraction of sp³-hybridized carbons (Fsp3) is 0.417. The van der Waals surface area contributed by atoms with Crippen LogP contribution in [0, 0.1) is 5.82 Å². The Hall–Kier alpha value is -1.18. The third-order valence-corrected chi connectivity index (χ3v) is 4.90. The van der Waals surface area contributed by atoms with Gasteiger partial charge in [0.15, 0.2) is 0 Å². The number of carboxylic acids is 1. The fourth-order valence-electron chi connectivity index (χ4n) is 1.57. The number of nitrogens with zero attached hydrogens (tertiary/aromatic N) is 1. The van der Waals surface area contributed by atoms with E-state index in [1.165, 1.54) is 0 Å². The molecule has 0 aliphatic rings. The molecule has 0 saturated heterocycles. The van der Waals surface area contributed by atoms with Gasteiger partial charge in [0.1, 0.15) is 12.4 Å². The van der Waals surface area contributed by atoms with Crippen LogP contribution in [0.2, 0.25) is 5.02 Å². The fourth-order valence-corrected chi connectivity index (χ4v) is 3.58. The summed E-state index contributed by atoms with van der Waals surface area (Å²) >= 11 is 5.57. The molecule has 1 N–H and O–H groups in total. The van der Waals surface area contributed by atoms with E-state index < -0.39 is 33.9 Å². The Morgan fingerprint density at radius 3 is 2.35 bits per heavy atom. The molecule has 0 spiro atoms. The van der Waals surface area contributed by atoms with E-state index in [2.05, 4.69) is 0 Å². The van der Waals surface area contributed by atoms with Crippen molar-refractivity contribution in [1.29, 1.82) is 0 Å². The first-order valence-corrected chi connectivity index (χ1v) is 7.48. The van der Waals surface area contributed by atoms with Crippen LogP contribution in [0.3, 0.4) is 0 Å². The first-order valence-electron chi connectivity index (χ1n) is 5.66. The van der Waals surface area contributed by atoms with E-state index in [9.17, 15) is 17.6 Å². The molecule has 0 heterocycles. The molecule has 0 fully saturated rings. The summed E-state index contributed by atoms with van der Waals surface area (Å²) < 4.78 is 38.8. The van der Waals surface area contributed by atoms with Crippen molar-refractivity contribution >= 4 is 27.6 Å². The van der Waals surface area contributed by atoms with Gasteiger partial charge in [0, 0.05) is 5.54 Å². The standard InChI is InChI=1S/C12H15ClFNO4S/c1-12(2,3)15(7-11(16)17)20(18,19)8-4-5-10(14)9(13)6-8/h4-6H,7H2,1-3H3,(H,16,17). The molecule has 8 heteroatoms. The Labute approximate surface area is 122 Å². The second kappa shape index (κ2) is 5.67. The number of sulfonamides is 1. The van der Waals surface area contributed by atoms with E-state index in [1.54, 1.807) is 20.8 Å². The lowest BCUT2D eigenvalue weighted by Crippen LogP contribution is -2.48. The van der Waals surface area contributed by atoms with Crippen molar-refractivity contribution in [2.24, 2.45) is 0 Å². The van der Waals surface area contributed by atoms with Crippen LogP contribution in [0.5, 0.6) is 0 Å². The Balaban J connectivity index is 3.36. The molecule has 0 amide bonds. The van der Waals surface area contributed by atoms with Gasteiger partial charge >= 0.3 is 5.97 Å². The van der Waals surface area contributed by atoms with E-state index in [0.29, 0.717) is 0 Å². The number of halogens is 2. The maximum Gasteiger partial charge on any atom is 0.318 e. The van der Waals surface area contributed by atoms with Crippen LogP contribution in [-0.4, -0.2) is 35.9 Å². The lowest BCUT2D eigenvalue weighted by molar-refractivity contribution is -0.138. The van der Waals surface area contributed by atoms with Crippen molar-refractivity contribution < 1.29 is 22.7 Å². The third kappa shape index (κ3) is 3.68. The van der Waals surface area contributed by atoms with Crippen molar-refractivity contribution in [3.63, 3.8) is 0 Å². The molecule has 1 rings (SSSR count). The predicted molar refractivity (Wildman–Crippen MR) is 72.7 cm³/mol. The smallest absolute Gasteiger partial charge is 0.318 e. The molecule has 5 nitrogen and oxygen atoms in total. The molecule has 0 unspecified atom stereocenters. The van der Waals surface area contributed by atoms with Gasteiger partial charge in [-0.05, 0) is 39.0 Å². The normalized spacial score (nSPS) is 12.7. The molecule has 0 aliphatic heterocycles. The number of aliphatic carboxylic acids is 1. The highest BCUT2D eigenvalue weighted by Crippen LogP contribution is 2.27. The molecule has 0 aliphatic carbocycles. The zero-order valence-electron chi connectivity index (χ0n) is 11.2. The van der Waals surface area contributed by atoms with Gasteiger partial charge in [-0.15, -0.1) is 0 Å². The van der Waals surface area contributed by atoms with Crippen LogP contribution in [-0.2, 0) is 14.8 Å².